The summed E-state index contributed by atoms with van der Waals surface area (Å²) in [6.07, 6.45) is 1.76. The minimum absolute atomic E-state index is 0. The highest BCUT2D eigenvalue weighted by molar-refractivity contribution is 5.94. The number of aromatic nitrogens is 1. The molecule has 1 amide bonds. The minimum atomic E-state index is -0.108. The molecular weight excluding hydrogens is 310 g/mol. The van der Waals surface area contributed by atoms with Gasteiger partial charge in [0.2, 0.25) is 0 Å². The zero-order chi connectivity index (χ0) is 16.1. The first-order valence-corrected chi connectivity index (χ1v) is 7.54. The maximum atomic E-state index is 12.5. The first-order valence-electron chi connectivity index (χ1n) is 7.54. The fraction of sp³-hybridized carbons (Fsp3) is 0.333. The maximum Gasteiger partial charge on any atom is 0.251 e. The van der Waals surface area contributed by atoms with Gasteiger partial charge in [0.25, 0.3) is 5.91 Å². The van der Waals surface area contributed by atoms with Gasteiger partial charge in [-0.3, -0.25) is 9.78 Å². The van der Waals surface area contributed by atoms with Crippen molar-refractivity contribution in [1.29, 1.82) is 0 Å². The van der Waals surface area contributed by atoms with Crippen LogP contribution in [0.4, 0.5) is 0 Å². The molecule has 0 saturated carbocycles. The Hall–Kier alpha value is -1.91. The highest BCUT2D eigenvalue weighted by atomic mass is 35.5. The summed E-state index contributed by atoms with van der Waals surface area (Å²) in [6.45, 7) is 6.65. The zero-order valence-corrected chi connectivity index (χ0v) is 14.6. The van der Waals surface area contributed by atoms with E-state index in [1.807, 2.05) is 31.2 Å². The van der Waals surface area contributed by atoms with Gasteiger partial charge in [-0.05, 0) is 42.2 Å². The van der Waals surface area contributed by atoms with Crippen LogP contribution < -0.4 is 11.1 Å². The minimum Gasteiger partial charge on any atom is -0.343 e. The summed E-state index contributed by atoms with van der Waals surface area (Å²) < 4.78 is 0. The summed E-state index contributed by atoms with van der Waals surface area (Å²) in [5.74, 6) is 0.160. The molecule has 0 fully saturated rings. The molecule has 1 unspecified atom stereocenters. The summed E-state index contributed by atoms with van der Waals surface area (Å²) >= 11 is 0. The van der Waals surface area contributed by atoms with Gasteiger partial charge < -0.3 is 11.1 Å². The largest absolute Gasteiger partial charge is 0.343 e. The molecule has 23 heavy (non-hydrogen) atoms. The van der Waals surface area contributed by atoms with Crippen LogP contribution in [0.15, 0.2) is 42.6 Å². The number of benzene rings is 1. The predicted molar refractivity (Wildman–Crippen MR) is 95.6 cm³/mol. The molecule has 124 valence electrons. The van der Waals surface area contributed by atoms with Crippen LogP contribution in [-0.2, 0) is 6.54 Å². The molecule has 0 radical (unpaired) electrons. The number of rotatable bonds is 5. The number of nitrogens with zero attached hydrogens (tertiary/aromatic N) is 1. The number of pyridine rings is 1. The first kappa shape index (κ1) is 19.1. The third-order valence-corrected chi connectivity index (χ3v) is 3.75. The van der Waals surface area contributed by atoms with E-state index in [4.69, 9.17) is 5.73 Å². The van der Waals surface area contributed by atoms with Crippen molar-refractivity contribution in [3.05, 3.63) is 65.0 Å². The van der Waals surface area contributed by atoms with E-state index in [9.17, 15) is 4.79 Å². The van der Waals surface area contributed by atoms with Crippen LogP contribution in [0, 0.1) is 12.8 Å². The van der Waals surface area contributed by atoms with Gasteiger partial charge in [0.1, 0.15) is 0 Å². The lowest BCUT2D eigenvalue weighted by Crippen LogP contribution is -2.32. The second-order valence-electron chi connectivity index (χ2n) is 5.80. The second-order valence-corrected chi connectivity index (χ2v) is 5.80. The standard InChI is InChI=1S/C18H23N3O.ClH/c1-12(2)16(17-13(3)5-4-10-20-17)21-18(22)15-8-6-14(11-19)7-9-15;/h4-10,12,16H,11,19H2,1-3H3,(H,21,22);1H. The van der Waals surface area contributed by atoms with Gasteiger partial charge >= 0.3 is 0 Å². The Morgan fingerprint density at radius 1 is 1.22 bits per heavy atom. The highest BCUT2D eigenvalue weighted by Gasteiger charge is 2.21. The lowest BCUT2D eigenvalue weighted by atomic mass is 9.97. The molecule has 1 aromatic heterocycles. The molecule has 5 heteroatoms. The highest BCUT2D eigenvalue weighted by Crippen LogP contribution is 2.23. The van der Waals surface area contributed by atoms with Gasteiger partial charge in [-0.2, -0.15) is 0 Å². The van der Waals surface area contributed by atoms with Gasteiger partial charge in [0.15, 0.2) is 0 Å². The number of aryl methyl sites for hydroxylation is 1. The van der Waals surface area contributed by atoms with Crippen molar-refractivity contribution in [1.82, 2.24) is 10.3 Å². The maximum absolute atomic E-state index is 12.5. The van der Waals surface area contributed by atoms with Crippen molar-refractivity contribution in [3.63, 3.8) is 0 Å². The number of carbonyl (C=O) groups is 1. The molecule has 0 aliphatic carbocycles. The number of hydrogen-bond donors (Lipinski definition) is 2. The number of hydrogen-bond acceptors (Lipinski definition) is 3. The number of halogens is 1. The molecule has 3 N–H and O–H groups in total. The van der Waals surface area contributed by atoms with Crippen LogP contribution in [0.25, 0.3) is 0 Å². The van der Waals surface area contributed by atoms with Crippen molar-refractivity contribution in [3.8, 4) is 0 Å². The normalized spacial score (nSPS) is 11.7. The van der Waals surface area contributed by atoms with Crippen LogP contribution in [0.2, 0.25) is 0 Å². The van der Waals surface area contributed by atoms with E-state index in [1.165, 1.54) is 0 Å². The van der Waals surface area contributed by atoms with E-state index in [1.54, 1.807) is 18.3 Å². The molecule has 4 nitrogen and oxygen atoms in total. The Morgan fingerprint density at radius 2 is 1.87 bits per heavy atom. The van der Waals surface area contributed by atoms with Gasteiger partial charge in [-0.25, -0.2) is 0 Å². The second kappa shape index (κ2) is 8.65. The average molecular weight is 334 g/mol. The molecular formula is C18H24ClN3O. The van der Waals surface area contributed by atoms with Crippen LogP contribution in [-0.4, -0.2) is 10.9 Å². The van der Waals surface area contributed by atoms with Gasteiger partial charge in [-0.15, -0.1) is 12.4 Å². The molecule has 0 aliphatic heterocycles. The molecule has 2 aromatic rings. The van der Waals surface area contributed by atoms with Crippen molar-refractivity contribution in [2.24, 2.45) is 11.7 Å². The van der Waals surface area contributed by atoms with E-state index in [0.717, 1.165) is 16.8 Å². The summed E-state index contributed by atoms with van der Waals surface area (Å²) in [6, 6.07) is 11.2. The Labute approximate surface area is 143 Å². The topological polar surface area (TPSA) is 68.0 Å². The summed E-state index contributed by atoms with van der Waals surface area (Å²) in [5.41, 5.74) is 9.23. The Bertz CT molecular complexity index is 641. The van der Waals surface area contributed by atoms with Gasteiger partial charge in [-0.1, -0.05) is 32.0 Å². The van der Waals surface area contributed by atoms with Crippen LogP contribution in [0.3, 0.4) is 0 Å². The smallest absolute Gasteiger partial charge is 0.251 e. The van der Waals surface area contributed by atoms with Crippen molar-refractivity contribution >= 4 is 18.3 Å². The van der Waals surface area contributed by atoms with Gasteiger partial charge in [0.05, 0.1) is 11.7 Å². The van der Waals surface area contributed by atoms with Crippen molar-refractivity contribution in [2.75, 3.05) is 0 Å². The summed E-state index contributed by atoms with van der Waals surface area (Å²) in [5, 5.41) is 3.09. The van der Waals surface area contributed by atoms with Crippen molar-refractivity contribution < 1.29 is 4.79 Å². The quantitative estimate of drug-likeness (QED) is 0.881. The Morgan fingerprint density at radius 3 is 2.39 bits per heavy atom. The molecule has 0 aliphatic rings. The molecule has 0 spiro atoms. The number of carbonyl (C=O) groups excluding carboxylic acids is 1. The number of nitrogens with two attached hydrogens (primary N) is 1. The van der Waals surface area contributed by atoms with E-state index < -0.39 is 0 Å². The van der Waals surface area contributed by atoms with Gasteiger partial charge in [0, 0.05) is 18.3 Å². The van der Waals surface area contributed by atoms with Crippen LogP contribution >= 0.6 is 12.4 Å². The van der Waals surface area contributed by atoms with Crippen LogP contribution in [0.1, 0.15) is 47.1 Å². The fourth-order valence-electron chi connectivity index (χ4n) is 2.39. The molecule has 0 saturated heterocycles. The van der Waals surface area contributed by atoms with E-state index in [-0.39, 0.29) is 30.3 Å². The SMILES string of the molecule is Cc1cccnc1C(NC(=O)c1ccc(CN)cc1)C(C)C.Cl. The first-order chi connectivity index (χ1) is 10.5. The fourth-order valence-corrected chi connectivity index (χ4v) is 2.39. The molecule has 1 aromatic carbocycles. The molecule has 2 rings (SSSR count). The number of amides is 1. The summed E-state index contributed by atoms with van der Waals surface area (Å²) in [4.78, 5) is 16.9. The predicted octanol–water partition coefficient (Wildman–Crippen LogP) is 3.40. The monoisotopic (exact) mass is 333 g/mol. The Kier molecular flexibility index (Phi) is 7.20. The molecule has 1 atom stereocenters. The molecule has 1 heterocycles. The third kappa shape index (κ3) is 4.78. The zero-order valence-electron chi connectivity index (χ0n) is 13.7. The van der Waals surface area contributed by atoms with Crippen molar-refractivity contribution in [2.45, 2.75) is 33.4 Å². The van der Waals surface area contributed by atoms with Crippen LogP contribution in [0.5, 0.6) is 0 Å². The molecule has 0 bridgehead atoms. The third-order valence-electron chi connectivity index (χ3n) is 3.75. The van der Waals surface area contributed by atoms with E-state index in [0.29, 0.717) is 12.1 Å². The summed E-state index contributed by atoms with van der Waals surface area (Å²) in [7, 11) is 0. The lowest BCUT2D eigenvalue weighted by molar-refractivity contribution is 0.0924. The van der Waals surface area contributed by atoms with E-state index >= 15 is 0 Å². The van der Waals surface area contributed by atoms with E-state index in [2.05, 4.69) is 24.1 Å². The Balaban J connectivity index is 0.00000264. The lowest BCUT2D eigenvalue weighted by Gasteiger charge is -2.23. The number of nitrogens with one attached hydrogen (secondary N) is 1. The average Bonchev–Trinajstić information content (AvgIpc) is 2.53.